The first kappa shape index (κ1) is 27.3. The molecule has 1 aromatic carbocycles. The molecule has 1 N–H and O–H groups in total. The summed E-state index contributed by atoms with van der Waals surface area (Å²) in [6.45, 7) is 11.5. The molecule has 0 aromatic heterocycles. The van der Waals surface area contributed by atoms with E-state index in [4.69, 9.17) is 4.74 Å². The minimum Gasteiger partial charge on any atom is -0.460 e. The topological polar surface area (TPSA) is 72.5 Å². The predicted molar refractivity (Wildman–Crippen MR) is 129 cm³/mol. The van der Waals surface area contributed by atoms with Crippen molar-refractivity contribution < 1.29 is 19.1 Å². The van der Waals surface area contributed by atoms with E-state index < -0.39 is 11.6 Å². The number of ether oxygens (including phenoxy) is 1. The number of nitrogens with one attached hydrogen (secondary N) is 1. The van der Waals surface area contributed by atoms with Gasteiger partial charge in [0.2, 0.25) is 5.91 Å². The van der Waals surface area contributed by atoms with Crippen LogP contribution in [0.1, 0.15) is 91.7 Å². The molecule has 176 valence electrons. The van der Waals surface area contributed by atoms with E-state index in [1.807, 2.05) is 37.3 Å². The van der Waals surface area contributed by atoms with Crippen molar-refractivity contribution in [1.82, 2.24) is 5.32 Å². The minimum atomic E-state index is -0.572. The van der Waals surface area contributed by atoms with Crippen LogP contribution < -0.4 is 5.32 Å². The summed E-state index contributed by atoms with van der Waals surface area (Å²) in [6, 6.07) is 9.31. The van der Waals surface area contributed by atoms with E-state index in [0.29, 0.717) is 12.8 Å². The maximum atomic E-state index is 12.5. The van der Waals surface area contributed by atoms with E-state index in [2.05, 4.69) is 25.2 Å². The normalized spacial score (nSPS) is 12.6. The van der Waals surface area contributed by atoms with E-state index in [0.717, 1.165) is 24.0 Å². The van der Waals surface area contributed by atoms with Crippen LogP contribution in [0.2, 0.25) is 0 Å². The van der Waals surface area contributed by atoms with Gasteiger partial charge in [0.1, 0.15) is 5.60 Å². The molecule has 0 aliphatic rings. The van der Waals surface area contributed by atoms with Crippen LogP contribution in [0.25, 0.3) is 0 Å². The van der Waals surface area contributed by atoms with Crippen LogP contribution in [0, 0.1) is 0 Å². The van der Waals surface area contributed by atoms with Crippen LogP contribution in [0.3, 0.4) is 0 Å². The second-order valence-corrected chi connectivity index (χ2v) is 9.43. The Balaban J connectivity index is 2.66. The Morgan fingerprint density at radius 1 is 0.969 bits per heavy atom. The highest BCUT2D eigenvalue weighted by atomic mass is 16.6. The molecule has 0 radical (unpaired) electrons. The minimum absolute atomic E-state index is 0.0250. The number of ketones is 1. The van der Waals surface area contributed by atoms with Gasteiger partial charge in [-0.2, -0.15) is 0 Å². The average molecular weight is 442 g/mol. The van der Waals surface area contributed by atoms with Crippen molar-refractivity contribution in [2.45, 2.75) is 91.7 Å². The molecule has 0 fully saturated rings. The first-order chi connectivity index (χ1) is 15.0. The van der Waals surface area contributed by atoms with E-state index in [1.54, 1.807) is 26.8 Å². The fraction of sp³-hybridized carbons (Fsp3) is 0.519. The third-order valence-corrected chi connectivity index (χ3v) is 4.69. The predicted octanol–water partition coefficient (Wildman–Crippen LogP) is 6.01. The van der Waals surface area contributed by atoms with Gasteiger partial charge in [0.25, 0.3) is 0 Å². The SMILES string of the molecule is CC(C)=CCC/C(C)=C/C(=O)CC[C@@H](NC(=O)CCC(=O)OC(C)(C)C)c1ccccc1. The Bertz CT molecular complexity index is 812. The number of esters is 1. The van der Waals surface area contributed by atoms with Crippen LogP contribution in [-0.2, 0) is 19.1 Å². The number of carbonyl (C=O) groups excluding carboxylic acids is 3. The zero-order chi connectivity index (χ0) is 24.1. The monoisotopic (exact) mass is 441 g/mol. The van der Waals surface area contributed by atoms with Gasteiger partial charge in [-0.25, -0.2) is 0 Å². The Kier molecular flexibility index (Phi) is 11.7. The molecule has 0 unspecified atom stereocenters. The van der Waals surface area contributed by atoms with Crippen LogP contribution in [0.4, 0.5) is 0 Å². The summed E-state index contributed by atoms with van der Waals surface area (Å²) in [5, 5.41) is 2.98. The quantitative estimate of drug-likeness (QED) is 0.245. The standard InChI is InChI=1S/C27H39NO4/c1-20(2)11-10-12-21(3)19-23(29)15-16-24(22-13-8-7-9-14-22)28-25(30)17-18-26(31)32-27(4,5)6/h7-9,11,13-14,19,24H,10,12,15-18H2,1-6H3,(H,28,30)/b21-19+/t24-/m1/s1. The Labute approximate surface area is 193 Å². The first-order valence-corrected chi connectivity index (χ1v) is 11.4. The van der Waals surface area contributed by atoms with E-state index in [9.17, 15) is 14.4 Å². The molecule has 0 bridgehead atoms. The molecule has 0 saturated heterocycles. The van der Waals surface area contributed by atoms with Gasteiger partial charge in [-0.1, -0.05) is 47.6 Å². The summed E-state index contributed by atoms with van der Waals surface area (Å²) in [5.74, 6) is -0.568. The highest BCUT2D eigenvalue weighted by Gasteiger charge is 2.19. The number of amides is 1. The summed E-state index contributed by atoms with van der Waals surface area (Å²) in [4.78, 5) is 36.8. The van der Waals surface area contributed by atoms with Crippen LogP contribution in [0.15, 0.2) is 53.6 Å². The Morgan fingerprint density at radius 3 is 2.22 bits per heavy atom. The molecule has 5 heteroatoms. The second-order valence-electron chi connectivity index (χ2n) is 9.43. The molecule has 0 aliphatic heterocycles. The van der Waals surface area contributed by atoms with Crippen LogP contribution in [0.5, 0.6) is 0 Å². The van der Waals surface area contributed by atoms with Crippen molar-refractivity contribution in [2.24, 2.45) is 0 Å². The molecular formula is C27H39NO4. The van der Waals surface area contributed by atoms with Gasteiger partial charge in [-0.05, 0) is 72.4 Å². The van der Waals surface area contributed by atoms with Crippen LogP contribution in [-0.4, -0.2) is 23.3 Å². The first-order valence-electron chi connectivity index (χ1n) is 11.4. The number of allylic oxidation sites excluding steroid dienone is 4. The second kappa shape index (κ2) is 13.7. The summed E-state index contributed by atoms with van der Waals surface area (Å²) in [6.07, 6.45) is 6.58. The van der Waals surface area contributed by atoms with Gasteiger partial charge in [0, 0.05) is 12.8 Å². The Hall–Kier alpha value is -2.69. The highest BCUT2D eigenvalue weighted by molar-refractivity contribution is 5.90. The summed E-state index contributed by atoms with van der Waals surface area (Å²) < 4.78 is 5.26. The summed E-state index contributed by atoms with van der Waals surface area (Å²) >= 11 is 0. The molecule has 0 heterocycles. The molecule has 1 atom stereocenters. The smallest absolute Gasteiger partial charge is 0.306 e. The van der Waals surface area contributed by atoms with Crippen molar-refractivity contribution in [3.63, 3.8) is 0 Å². The molecule has 1 amide bonds. The van der Waals surface area contributed by atoms with Gasteiger partial charge < -0.3 is 10.1 Å². The fourth-order valence-corrected chi connectivity index (χ4v) is 3.18. The van der Waals surface area contributed by atoms with Crippen molar-refractivity contribution in [2.75, 3.05) is 0 Å². The molecule has 0 saturated carbocycles. The van der Waals surface area contributed by atoms with E-state index >= 15 is 0 Å². The van der Waals surface area contributed by atoms with Gasteiger partial charge in [0.15, 0.2) is 5.78 Å². The summed E-state index contributed by atoms with van der Waals surface area (Å²) in [5.41, 5.74) is 2.70. The van der Waals surface area contributed by atoms with Gasteiger partial charge >= 0.3 is 5.97 Å². The maximum Gasteiger partial charge on any atom is 0.306 e. The lowest BCUT2D eigenvalue weighted by molar-refractivity contribution is -0.155. The molecule has 0 spiro atoms. The number of hydrogen-bond acceptors (Lipinski definition) is 4. The van der Waals surface area contributed by atoms with Gasteiger partial charge in [-0.3, -0.25) is 14.4 Å². The number of rotatable bonds is 12. The Morgan fingerprint density at radius 2 is 1.62 bits per heavy atom. The lowest BCUT2D eigenvalue weighted by atomic mass is 9.99. The molecule has 1 aromatic rings. The van der Waals surface area contributed by atoms with E-state index in [-0.39, 0.29) is 30.6 Å². The molecular weight excluding hydrogens is 402 g/mol. The largest absolute Gasteiger partial charge is 0.460 e. The highest BCUT2D eigenvalue weighted by Crippen LogP contribution is 2.20. The lowest BCUT2D eigenvalue weighted by Crippen LogP contribution is -2.30. The number of benzene rings is 1. The fourth-order valence-electron chi connectivity index (χ4n) is 3.18. The summed E-state index contributed by atoms with van der Waals surface area (Å²) in [7, 11) is 0. The van der Waals surface area contributed by atoms with E-state index in [1.165, 1.54) is 5.57 Å². The molecule has 5 nitrogen and oxygen atoms in total. The average Bonchev–Trinajstić information content (AvgIpc) is 2.68. The number of carbonyl (C=O) groups is 3. The third-order valence-electron chi connectivity index (χ3n) is 4.69. The third kappa shape index (κ3) is 12.9. The zero-order valence-electron chi connectivity index (χ0n) is 20.5. The van der Waals surface area contributed by atoms with Gasteiger partial charge in [-0.15, -0.1) is 0 Å². The zero-order valence-corrected chi connectivity index (χ0v) is 20.5. The maximum absolute atomic E-state index is 12.5. The van der Waals surface area contributed by atoms with Gasteiger partial charge in [0.05, 0.1) is 12.5 Å². The van der Waals surface area contributed by atoms with Crippen LogP contribution >= 0.6 is 0 Å². The van der Waals surface area contributed by atoms with Crippen molar-refractivity contribution >= 4 is 17.7 Å². The van der Waals surface area contributed by atoms with Crippen molar-refractivity contribution in [3.8, 4) is 0 Å². The molecule has 0 aliphatic carbocycles. The van der Waals surface area contributed by atoms with Crippen molar-refractivity contribution in [3.05, 3.63) is 59.2 Å². The lowest BCUT2D eigenvalue weighted by Gasteiger charge is -2.20. The number of hydrogen-bond donors (Lipinski definition) is 1. The molecule has 32 heavy (non-hydrogen) atoms. The molecule has 1 rings (SSSR count). The van der Waals surface area contributed by atoms with Crippen molar-refractivity contribution in [1.29, 1.82) is 0 Å².